The molecule has 0 spiro atoms. The van der Waals surface area contributed by atoms with Crippen molar-refractivity contribution in [2.75, 3.05) is 24.8 Å². The number of hydrogen-bond acceptors (Lipinski definition) is 8. The van der Waals surface area contributed by atoms with E-state index in [0.717, 1.165) is 16.5 Å². The summed E-state index contributed by atoms with van der Waals surface area (Å²) in [5, 5.41) is 0.784. The van der Waals surface area contributed by atoms with Gasteiger partial charge >= 0.3 is 11.6 Å². The van der Waals surface area contributed by atoms with E-state index in [1.165, 1.54) is 0 Å². The normalized spacial score (nSPS) is 22.8. The Morgan fingerprint density at radius 3 is 2.77 bits per heavy atom. The summed E-state index contributed by atoms with van der Waals surface area (Å²) in [6.45, 7) is 6.54. The van der Waals surface area contributed by atoms with Gasteiger partial charge in [-0.15, -0.1) is 0 Å². The maximum Gasteiger partial charge on any atom is 0.339 e. The molecule has 0 amide bonds. The highest BCUT2D eigenvalue weighted by atomic mass is 32.2. The molecule has 0 saturated carbocycles. The molecule has 0 unspecified atom stereocenters. The Kier molecular flexibility index (Phi) is 5.59. The number of sulfone groups is 1. The average molecular weight is 450 g/mol. The van der Waals surface area contributed by atoms with Gasteiger partial charge in [0.2, 0.25) is 0 Å². The van der Waals surface area contributed by atoms with E-state index < -0.39 is 21.0 Å². The molecule has 9 heteroatoms. The number of ether oxygens (including phenoxy) is 2. The van der Waals surface area contributed by atoms with Gasteiger partial charge in [-0.1, -0.05) is 0 Å². The van der Waals surface area contributed by atoms with Crippen molar-refractivity contribution in [3.63, 3.8) is 0 Å². The molecule has 2 aliphatic heterocycles. The minimum atomic E-state index is -3.07. The lowest BCUT2D eigenvalue weighted by atomic mass is 9.96. The maximum atomic E-state index is 12.7. The van der Waals surface area contributed by atoms with Crippen LogP contribution in [0.3, 0.4) is 0 Å². The zero-order valence-electron chi connectivity index (χ0n) is 18.0. The summed E-state index contributed by atoms with van der Waals surface area (Å²) < 4.78 is 40.7. The summed E-state index contributed by atoms with van der Waals surface area (Å²) in [6, 6.07) is 3.71. The number of rotatable bonds is 5. The SMILES string of the molecule is CCOC(=O)CCc1c(C)c2ccc3c(c2oc1=O)CN([C@@]1(C)CCS(=O)(=O)C1)CO3. The summed E-state index contributed by atoms with van der Waals surface area (Å²) in [7, 11) is -3.07. The zero-order chi connectivity index (χ0) is 22.4. The summed E-state index contributed by atoms with van der Waals surface area (Å²) in [5.41, 5.74) is 1.43. The topological polar surface area (TPSA) is 103 Å². The van der Waals surface area contributed by atoms with Crippen molar-refractivity contribution in [1.82, 2.24) is 4.90 Å². The lowest BCUT2D eigenvalue weighted by Gasteiger charge is -2.40. The van der Waals surface area contributed by atoms with E-state index in [1.807, 2.05) is 30.9 Å². The van der Waals surface area contributed by atoms with Crippen LogP contribution in [0.25, 0.3) is 11.0 Å². The predicted molar refractivity (Wildman–Crippen MR) is 115 cm³/mol. The molecule has 31 heavy (non-hydrogen) atoms. The fourth-order valence-corrected chi connectivity index (χ4v) is 6.67. The lowest BCUT2D eigenvalue weighted by molar-refractivity contribution is -0.143. The van der Waals surface area contributed by atoms with Gasteiger partial charge in [0, 0.05) is 29.5 Å². The van der Waals surface area contributed by atoms with E-state index in [2.05, 4.69) is 0 Å². The van der Waals surface area contributed by atoms with Crippen molar-refractivity contribution in [3.8, 4) is 5.75 Å². The van der Waals surface area contributed by atoms with E-state index in [9.17, 15) is 18.0 Å². The Labute approximate surface area is 181 Å². The molecular formula is C22H27NO7S. The third-order valence-corrected chi connectivity index (χ3v) is 8.26. The van der Waals surface area contributed by atoms with E-state index >= 15 is 0 Å². The van der Waals surface area contributed by atoms with Gasteiger partial charge in [-0.3, -0.25) is 9.69 Å². The number of nitrogens with zero attached hydrogens (tertiary/aromatic N) is 1. The molecule has 1 aromatic heterocycles. The van der Waals surface area contributed by atoms with Crippen molar-refractivity contribution >= 4 is 26.8 Å². The van der Waals surface area contributed by atoms with Crippen LogP contribution in [-0.2, 0) is 32.3 Å². The highest BCUT2D eigenvalue weighted by Gasteiger charge is 2.44. The number of benzene rings is 1. The Hall–Kier alpha value is -2.39. The summed E-state index contributed by atoms with van der Waals surface area (Å²) in [4.78, 5) is 26.5. The van der Waals surface area contributed by atoms with Crippen LogP contribution in [-0.4, -0.2) is 49.7 Å². The van der Waals surface area contributed by atoms with Crippen LogP contribution in [0, 0.1) is 6.92 Å². The molecule has 3 heterocycles. The quantitative estimate of drug-likeness (QED) is 0.506. The molecule has 1 fully saturated rings. The first-order valence-electron chi connectivity index (χ1n) is 10.5. The van der Waals surface area contributed by atoms with Crippen LogP contribution in [0.1, 0.15) is 43.4 Å². The third-order valence-electron chi connectivity index (χ3n) is 6.37. The Bertz CT molecular complexity index is 1200. The summed E-state index contributed by atoms with van der Waals surface area (Å²) in [6.07, 6.45) is 0.901. The molecule has 2 aromatic rings. The number of fused-ring (bicyclic) bond motifs is 3. The highest BCUT2D eigenvalue weighted by molar-refractivity contribution is 7.91. The molecule has 168 valence electrons. The molecule has 1 aromatic carbocycles. The van der Waals surface area contributed by atoms with Crippen LogP contribution in [0.4, 0.5) is 0 Å². The standard InChI is InChI=1S/C22H27NO7S/c1-4-28-19(24)8-6-16-14(2)15-5-7-18-17(20(15)30-21(16)25)11-23(13-29-18)22(3)9-10-31(26,27)12-22/h5,7H,4,6,8-13H2,1-3H3/t22-/m0/s1. The number of hydrogen-bond donors (Lipinski definition) is 0. The summed E-state index contributed by atoms with van der Waals surface area (Å²) in [5.74, 6) is 0.538. The molecular weight excluding hydrogens is 422 g/mol. The molecule has 0 radical (unpaired) electrons. The van der Waals surface area contributed by atoms with Gasteiger partial charge in [0.1, 0.15) is 18.1 Å². The second-order valence-electron chi connectivity index (χ2n) is 8.53. The van der Waals surface area contributed by atoms with Crippen molar-refractivity contribution in [3.05, 3.63) is 39.2 Å². The van der Waals surface area contributed by atoms with Gasteiger partial charge < -0.3 is 13.9 Å². The van der Waals surface area contributed by atoms with Crippen molar-refractivity contribution in [2.45, 2.75) is 52.1 Å². The number of esters is 1. The fraction of sp³-hybridized carbons (Fsp3) is 0.545. The van der Waals surface area contributed by atoms with Crippen molar-refractivity contribution in [2.24, 2.45) is 0 Å². The van der Waals surface area contributed by atoms with Crippen LogP contribution < -0.4 is 10.4 Å². The molecule has 8 nitrogen and oxygen atoms in total. The van der Waals surface area contributed by atoms with Gasteiger partial charge in [0.25, 0.3) is 0 Å². The Balaban J connectivity index is 1.69. The van der Waals surface area contributed by atoms with E-state index in [1.54, 1.807) is 6.92 Å². The van der Waals surface area contributed by atoms with Crippen LogP contribution in [0.15, 0.2) is 21.3 Å². The van der Waals surface area contributed by atoms with Crippen LogP contribution >= 0.6 is 0 Å². The number of aryl methyl sites for hydroxylation is 1. The molecule has 4 rings (SSSR count). The fourth-order valence-electron chi connectivity index (χ4n) is 4.50. The van der Waals surface area contributed by atoms with Crippen LogP contribution in [0.5, 0.6) is 5.75 Å². The first-order chi connectivity index (χ1) is 14.6. The van der Waals surface area contributed by atoms with E-state index in [0.29, 0.717) is 36.5 Å². The van der Waals surface area contributed by atoms with Gasteiger partial charge in [0.05, 0.1) is 23.7 Å². The van der Waals surface area contributed by atoms with Crippen molar-refractivity contribution < 1.29 is 27.1 Å². The monoisotopic (exact) mass is 449 g/mol. The molecule has 1 saturated heterocycles. The highest BCUT2D eigenvalue weighted by Crippen LogP contribution is 2.38. The minimum Gasteiger partial charge on any atom is -0.478 e. The van der Waals surface area contributed by atoms with Gasteiger partial charge in [-0.25, -0.2) is 13.2 Å². The third kappa shape index (κ3) is 4.08. The van der Waals surface area contributed by atoms with Gasteiger partial charge in [-0.05, 0) is 51.3 Å². The molecule has 0 aliphatic carbocycles. The number of carbonyl (C=O) groups excluding carboxylic acids is 1. The minimum absolute atomic E-state index is 0.0877. The van der Waals surface area contributed by atoms with E-state index in [-0.39, 0.29) is 37.0 Å². The van der Waals surface area contributed by atoms with Crippen molar-refractivity contribution in [1.29, 1.82) is 0 Å². The average Bonchev–Trinajstić information content (AvgIpc) is 3.01. The largest absolute Gasteiger partial charge is 0.478 e. The first-order valence-corrected chi connectivity index (χ1v) is 12.3. The maximum absolute atomic E-state index is 12.7. The predicted octanol–water partition coefficient (Wildman–Crippen LogP) is 2.33. The molecule has 0 N–H and O–H groups in total. The second-order valence-corrected chi connectivity index (χ2v) is 10.7. The first kappa shape index (κ1) is 21.8. The zero-order valence-corrected chi connectivity index (χ0v) is 18.8. The molecule has 1 atom stereocenters. The van der Waals surface area contributed by atoms with Gasteiger partial charge in [-0.2, -0.15) is 0 Å². The molecule has 0 bridgehead atoms. The number of carbonyl (C=O) groups is 1. The lowest BCUT2D eigenvalue weighted by Crippen LogP contribution is -2.50. The Morgan fingerprint density at radius 1 is 1.32 bits per heavy atom. The molecule has 2 aliphatic rings. The Morgan fingerprint density at radius 2 is 2.10 bits per heavy atom. The van der Waals surface area contributed by atoms with Gasteiger partial charge in [0.15, 0.2) is 9.84 Å². The smallest absolute Gasteiger partial charge is 0.339 e. The summed E-state index contributed by atoms with van der Waals surface area (Å²) >= 11 is 0. The van der Waals surface area contributed by atoms with E-state index in [4.69, 9.17) is 13.9 Å². The van der Waals surface area contributed by atoms with Crippen LogP contribution in [0.2, 0.25) is 0 Å². The second kappa shape index (κ2) is 7.94.